The number of carbonyl (C=O) groups is 1. The van der Waals surface area contributed by atoms with Gasteiger partial charge in [0, 0.05) is 11.6 Å². The van der Waals surface area contributed by atoms with Crippen molar-refractivity contribution in [3.05, 3.63) is 40.1 Å². The second-order valence-corrected chi connectivity index (χ2v) is 3.58. The Morgan fingerprint density at radius 2 is 2.33 bits per heavy atom. The second-order valence-electron chi connectivity index (χ2n) is 2.73. The van der Waals surface area contributed by atoms with Gasteiger partial charge in [0.2, 0.25) is 0 Å². The van der Waals surface area contributed by atoms with Crippen LogP contribution in [0.4, 0.5) is 4.39 Å². The van der Waals surface area contributed by atoms with Crippen molar-refractivity contribution in [2.45, 2.75) is 6.92 Å². The number of hydrogen-bond donors (Lipinski definition) is 0. The van der Waals surface area contributed by atoms with Gasteiger partial charge in [-0.2, -0.15) is 0 Å². The average Bonchev–Trinajstić information content (AvgIpc) is 2.21. The van der Waals surface area contributed by atoms with E-state index in [-0.39, 0.29) is 0 Å². The summed E-state index contributed by atoms with van der Waals surface area (Å²) < 4.78 is 18.4. The topological polar surface area (TPSA) is 26.3 Å². The summed E-state index contributed by atoms with van der Waals surface area (Å²) in [7, 11) is 0. The van der Waals surface area contributed by atoms with E-state index in [0.29, 0.717) is 16.6 Å². The molecule has 0 N–H and O–H groups in total. The lowest BCUT2D eigenvalue weighted by Gasteiger charge is -1.99. The minimum Gasteiger partial charge on any atom is -0.463 e. The maximum atomic E-state index is 13.4. The lowest BCUT2D eigenvalue weighted by molar-refractivity contribution is -0.137. The fourth-order valence-electron chi connectivity index (χ4n) is 0.997. The van der Waals surface area contributed by atoms with Crippen molar-refractivity contribution in [2.75, 3.05) is 6.61 Å². The van der Waals surface area contributed by atoms with Crippen LogP contribution >= 0.6 is 15.9 Å². The zero-order valence-electron chi connectivity index (χ0n) is 8.17. The number of esters is 1. The first-order valence-electron chi connectivity index (χ1n) is 4.44. The Labute approximate surface area is 95.9 Å². The number of rotatable bonds is 3. The molecule has 80 valence electrons. The molecule has 0 radical (unpaired) electrons. The van der Waals surface area contributed by atoms with Crippen LogP contribution < -0.4 is 0 Å². The SMILES string of the molecule is CCOC(=O)/C=C\c1cccc(Br)c1F. The Morgan fingerprint density at radius 1 is 1.60 bits per heavy atom. The highest BCUT2D eigenvalue weighted by molar-refractivity contribution is 9.10. The van der Waals surface area contributed by atoms with Gasteiger partial charge in [0.25, 0.3) is 0 Å². The Bertz CT molecular complexity index is 388. The van der Waals surface area contributed by atoms with E-state index in [4.69, 9.17) is 0 Å². The van der Waals surface area contributed by atoms with Crippen LogP contribution in [0.5, 0.6) is 0 Å². The number of ether oxygens (including phenoxy) is 1. The molecule has 0 atom stereocenters. The summed E-state index contributed by atoms with van der Waals surface area (Å²) in [4.78, 5) is 11.0. The van der Waals surface area contributed by atoms with Crippen molar-refractivity contribution >= 4 is 28.0 Å². The number of benzene rings is 1. The van der Waals surface area contributed by atoms with Crippen molar-refractivity contribution in [3.63, 3.8) is 0 Å². The Hall–Kier alpha value is -1.16. The molecular formula is C11H10BrFO2. The predicted octanol–water partition coefficient (Wildman–Crippen LogP) is 3.16. The molecular weight excluding hydrogens is 263 g/mol. The summed E-state index contributed by atoms with van der Waals surface area (Å²) in [6.45, 7) is 2.02. The molecule has 4 heteroatoms. The summed E-state index contributed by atoms with van der Waals surface area (Å²) in [6.07, 6.45) is 2.59. The molecule has 0 bridgehead atoms. The van der Waals surface area contributed by atoms with Gasteiger partial charge < -0.3 is 4.74 Å². The Balaban J connectivity index is 2.81. The molecule has 1 rings (SSSR count). The van der Waals surface area contributed by atoms with Crippen molar-refractivity contribution < 1.29 is 13.9 Å². The number of halogens is 2. The van der Waals surface area contributed by atoms with E-state index in [1.807, 2.05) is 0 Å². The first-order chi connectivity index (χ1) is 7.15. The van der Waals surface area contributed by atoms with Crippen molar-refractivity contribution in [2.24, 2.45) is 0 Å². The first-order valence-corrected chi connectivity index (χ1v) is 5.23. The maximum Gasteiger partial charge on any atom is 0.330 e. The summed E-state index contributed by atoms with van der Waals surface area (Å²) in [6, 6.07) is 4.87. The van der Waals surface area contributed by atoms with E-state index in [9.17, 15) is 9.18 Å². The van der Waals surface area contributed by atoms with E-state index >= 15 is 0 Å². The molecule has 0 saturated carbocycles. The third-order valence-electron chi connectivity index (χ3n) is 1.67. The van der Waals surface area contributed by atoms with Gasteiger partial charge in [-0.25, -0.2) is 9.18 Å². The van der Waals surface area contributed by atoms with Crippen molar-refractivity contribution in [1.29, 1.82) is 0 Å². The van der Waals surface area contributed by atoms with Crippen LogP contribution in [0.1, 0.15) is 12.5 Å². The zero-order valence-corrected chi connectivity index (χ0v) is 9.75. The minimum absolute atomic E-state index is 0.310. The molecule has 2 nitrogen and oxygen atoms in total. The zero-order chi connectivity index (χ0) is 11.3. The van der Waals surface area contributed by atoms with Crippen molar-refractivity contribution in [1.82, 2.24) is 0 Å². The molecule has 0 aliphatic carbocycles. The molecule has 1 aromatic rings. The van der Waals surface area contributed by atoms with Crippen LogP contribution in [0.15, 0.2) is 28.7 Å². The van der Waals surface area contributed by atoms with E-state index in [2.05, 4.69) is 20.7 Å². The molecule has 0 unspecified atom stereocenters. The lowest BCUT2D eigenvalue weighted by atomic mass is 10.2. The summed E-state index contributed by atoms with van der Waals surface area (Å²) >= 11 is 3.06. The molecule has 1 aromatic carbocycles. The second kappa shape index (κ2) is 5.66. The quantitative estimate of drug-likeness (QED) is 0.624. The van der Waals surface area contributed by atoms with Crippen LogP contribution in [0.25, 0.3) is 6.08 Å². The highest BCUT2D eigenvalue weighted by Crippen LogP contribution is 2.19. The standard InChI is InChI=1S/C11H10BrFO2/c1-2-15-10(14)7-6-8-4-3-5-9(12)11(8)13/h3-7H,2H2,1H3/b7-6-. The van der Waals surface area contributed by atoms with Gasteiger partial charge in [-0.05, 0) is 35.0 Å². The normalized spacial score (nSPS) is 10.6. The van der Waals surface area contributed by atoms with Crippen LogP contribution in [0, 0.1) is 5.82 Å². The average molecular weight is 273 g/mol. The molecule has 0 amide bonds. The number of carbonyl (C=O) groups excluding carboxylic acids is 1. The van der Waals surface area contributed by atoms with Crippen molar-refractivity contribution in [3.8, 4) is 0 Å². The van der Waals surface area contributed by atoms with Gasteiger partial charge in [-0.3, -0.25) is 0 Å². The van der Waals surface area contributed by atoms with Gasteiger partial charge in [-0.1, -0.05) is 12.1 Å². The Morgan fingerprint density at radius 3 is 3.00 bits per heavy atom. The third-order valence-corrected chi connectivity index (χ3v) is 2.28. The molecule has 15 heavy (non-hydrogen) atoms. The minimum atomic E-state index is -0.475. The fourth-order valence-corrected chi connectivity index (χ4v) is 1.38. The first kappa shape index (κ1) is 11.9. The van der Waals surface area contributed by atoms with E-state index in [1.54, 1.807) is 25.1 Å². The molecule has 0 saturated heterocycles. The maximum absolute atomic E-state index is 13.4. The molecule has 0 aromatic heterocycles. The van der Waals surface area contributed by atoms with Gasteiger partial charge in [0.05, 0.1) is 11.1 Å². The molecule has 0 aliphatic heterocycles. The monoisotopic (exact) mass is 272 g/mol. The van der Waals surface area contributed by atoms with E-state index in [0.717, 1.165) is 0 Å². The Kier molecular flexibility index (Phi) is 4.49. The van der Waals surface area contributed by atoms with Gasteiger partial charge in [0.15, 0.2) is 0 Å². The largest absolute Gasteiger partial charge is 0.463 e. The summed E-state index contributed by atoms with van der Waals surface area (Å²) in [5.74, 6) is -0.866. The smallest absolute Gasteiger partial charge is 0.330 e. The number of hydrogen-bond acceptors (Lipinski definition) is 2. The van der Waals surface area contributed by atoms with Crippen LogP contribution in [-0.4, -0.2) is 12.6 Å². The highest BCUT2D eigenvalue weighted by Gasteiger charge is 2.03. The van der Waals surface area contributed by atoms with Gasteiger partial charge in [-0.15, -0.1) is 0 Å². The van der Waals surface area contributed by atoms with Crippen LogP contribution in [0.2, 0.25) is 0 Å². The lowest BCUT2D eigenvalue weighted by Crippen LogP contribution is -1.98. The third kappa shape index (κ3) is 3.47. The molecule has 0 aliphatic rings. The molecule has 0 spiro atoms. The summed E-state index contributed by atoms with van der Waals surface area (Å²) in [5, 5.41) is 0. The molecule has 0 heterocycles. The van der Waals surface area contributed by atoms with E-state index in [1.165, 1.54) is 12.2 Å². The van der Waals surface area contributed by atoms with Gasteiger partial charge >= 0.3 is 5.97 Å². The fraction of sp³-hybridized carbons (Fsp3) is 0.182. The highest BCUT2D eigenvalue weighted by atomic mass is 79.9. The van der Waals surface area contributed by atoms with E-state index < -0.39 is 11.8 Å². The van der Waals surface area contributed by atoms with Crippen LogP contribution in [0.3, 0.4) is 0 Å². The summed E-state index contributed by atoms with van der Waals surface area (Å²) in [5.41, 5.74) is 0.345. The predicted molar refractivity (Wildman–Crippen MR) is 59.8 cm³/mol. The molecule has 0 fully saturated rings. The van der Waals surface area contributed by atoms with Crippen LogP contribution in [-0.2, 0) is 9.53 Å². The van der Waals surface area contributed by atoms with Gasteiger partial charge in [0.1, 0.15) is 5.82 Å².